The van der Waals surface area contributed by atoms with E-state index in [4.69, 9.17) is 5.11 Å². The SMILES string of the molecule is CCN(CCCO)C(=O)c1ccnc(NC)c1. The Labute approximate surface area is 101 Å². The van der Waals surface area contributed by atoms with Crippen molar-refractivity contribution in [3.63, 3.8) is 0 Å². The van der Waals surface area contributed by atoms with Gasteiger partial charge in [0.25, 0.3) is 5.91 Å². The fraction of sp³-hybridized carbons (Fsp3) is 0.500. The standard InChI is InChI=1S/C12H19N3O2/c1-3-15(7-4-8-16)12(17)10-5-6-14-11(9-10)13-2/h5-6,9,16H,3-4,7-8H2,1-2H3,(H,13,14). The Morgan fingerprint density at radius 1 is 1.59 bits per heavy atom. The van der Waals surface area contributed by atoms with Gasteiger partial charge in [-0.25, -0.2) is 4.98 Å². The molecule has 17 heavy (non-hydrogen) atoms. The molecule has 0 saturated carbocycles. The molecule has 5 nitrogen and oxygen atoms in total. The van der Waals surface area contributed by atoms with Crippen LogP contribution in [0.1, 0.15) is 23.7 Å². The van der Waals surface area contributed by atoms with Crippen molar-refractivity contribution in [1.82, 2.24) is 9.88 Å². The zero-order chi connectivity index (χ0) is 12.7. The molecule has 0 radical (unpaired) electrons. The quantitative estimate of drug-likeness (QED) is 0.773. The molecular weight excluding hydrogens is 218 g/mol. The maximum absolute atomic E-state index is 12.1. The van der Waals surface area contributed by atoms with Crippen LogP contribution in [0.2, 0.25) is 0 Å². The molecule has 1 amide bonds. The van der Waals surface area contributed by atoms with Crippen LogP contribution in [0.25, 0.3) is 0 Å². The lowest BCUT2D eigenvalue weighted by atomic mass is 10.2. The Morgan fingerprint density at radius 2 is 2.35 bits per heavy atom. The van der Waals surface area contributed by atoms with E-state index in [9.17, 15) is 4.79 Å². The summed E-state index contributed by atoms with van der Waals surface area (Å²) in [5, 5.41) is 11.7. The minimum atomic E-state index is -0.0279. The maximum Gasteiger partial charge on any atom is 0.254 e. The Kier molecular flexibility index (Phi) is 5.42. The Balaban J connectivity index is 2.78. The highest BCUT2D eigenvalue weighted by molar-refractivity contribution is 5.94. The van der Waals surface area contributed by atoms with E-state index in [1.165, 1.54) is 0 Å². The fourth-order valence-electron chi connectivity index (χ4n) is 1.55. The number of nitrogens with zero attached hydrogens (tertiary/aromatic N) is 2. The van der Waals surface area contributed by atoms with Crippen molar-refractivity contribution in [3.05, 3.63) is 23.9 Å². The van der Waals surface area contributed by atoms with Gasteiger partial charge in [-0.3, -0.25) is 4.79 Å². The van der Waals surface area contributed by atoms with Gasteiger partial charge in [0.2, 0.25) is 0 Å². The first-order valence-corrected chi connectivity index (χ1v) is 5.76. The molecule has 1 aromatic heterocycles. The van der Waals surface area contributed by atoms with Crippen LogP contribution in [0.3, 0.4) is 0 Å². The maximum atomic E-state index is 12.1. The average Bonchev–Trinajstić information content (AvgIpc) is 2.39. The second-order valence-electron chi connectivity index (χ2n) is 3.64. The first-order chi connectivity index (χ1) is 8.22. The van der Waals surface area contributed by atoms with E-state index in [-0.39, 0.29) is 12.5 Å². The summed E-state index contributed by atoms with van der Waals surface area (Å²) in [6.45, 7) is 3.23. The third kappa shape index (κ3) is 3.71. The summed E-state index contributed by atoms with van der Waals surface area (Å²) < 4.78 is 0. The molecule has 1 aromatic rings. The van der Waals surface area contributed by atoms with Gasteiger partial charge in [-0.2, -0.15) is 0 Å². The van der Waals surface area contributed by atoms with Gasteiger partial charge >= 0.3 is 0 Å². The number of nitrogens with one attached hydrogen (secondary N) is 1. The molecule has 0 atom stereocenters. The zero-order valence-corrected chi connectivity index (χ0v) is 10.3. The van der Waals surface area contributed by atoms with Crippen molar-refractivity contribution in [2.45, 2.75) is 13.3 Å². The molecule has 94 valence electrons. The van der Waals surface area contributed by atoms with Gasteiger partial charge in [-0.1, -0.05) is 0 Å². The van der Waals surface area contributed by atoms with Crippen molar-refractivity contribution in [3.8, 4) is 0 Å². The zero-order valence-electron chi connectivity index (χ0n) is 10.3. The van der Waals surface area contributed by atoms with Crippen LogP contribution in [0.5, 0.6) is 0 Å². The van der Waals surface area contributed by atoms with Gasteiger partial charge in [-0.05, 0) is 25.5 Å². The topological polar surface area (TPSA) is 65.5 Å². The van der Waals surface area contributed by atoms with Crippen molar-refractivity contribution < 1.29 is 9.90 Å². The van der Waals surface area contributed by atoms with E-state index in [0.717, 1.165) is 0 Å². The highest BCUT2D eigenvalue weighted by Gasteiger charge is 2.13. The molecule has 0 bridgehead atoms. The number of carbonyl (C=O) groups excluding carboxylic acids is 1. The summed E-state index contributed by atoms with van der Waals surface area (Å²) in [6, 6.07) is 3.43. The molecule has 0 aliphatic heterocycles. The van der Waals surface area contributed by atoms with Crippen LogP contribution >= 0.6 is 0 Å². The van der Waals surface area contributed by atoms with Gasteiger partial charge in [0.05, 0.1) is 0 Å². The van der Waals surface area contributed by atoms with Crippen LogP contribution in [0, 0.1) is 0 Å². The lowest BCUT2D eigenvalue weighted by Crippen LogP contribution is -2.32. The van der Waals surface area contributed by atoms with E-state index < -0.39 is 0 Å². The number of hydrogen-bond acceptors (Lipinski definition) is 4. The largest absolute Gasteiger partial charge is 0.396 e. The molecule has 0 fully saturated rings. The molecule has 1 heterocycles. The van der Waals surface area contributed by atoms with E-state index in [1.54, 1.807) is 30.3 Å². The number of aliphatic hydroxyl groups excluding tert-OH is 1. The van der Waals surface area contributed by atoms with Crippen molar-refractivity contribution in [1.29, 1.82) is 0 Å². The molecule has 0 spiro atoms. The molecule has 5 heteroatoms. The Hall–Kier alpha value is -1.62. The number of pyridine rings is 1. The number of carbonyl (C=O) groups is 1. The summed E-state index contributed by atoms with van der Waals surface area (Å²) >= 11 is 0. The van der Waals surface area contributed by atoms with E-state index in [2.05, 4.69) is 10.3 Å². The summed E-state index contributed by atoms with van der Waals surface area (Å²) in [7, 11) is 1.76. The second-order valence-corrected chi connectivity index (χ2v) is 3.64. The summed E-state index contributed by atoms with van der Waals surface area (Å²) in [4.78, 5) is 17.9. The average molecular weight is 237 g/mol. The van der Waals surface area contributed by atoms with Crippen LogP contribution in [0.15, 0.2) is 18.3 Å². The minimum Gasteiger partial charge on any atom is -0.396 e. The summed E-state index contributed by atoms with van der Waals surface area (Å²) in [5.41, 5.74) is 0.615. The minimum absolute atomic E-state index is 0.0279. The van der Waals surface area contributed by atoms with Gasteiger partial charge < -0.3 is 15.3 Å². The smallest absolute Gasteiger partial charge is 0.254 e. The number of amides is 1. The molecule has 0 unspecified atom stereocenters. The van der Waals surface area contributed by atoms with Gasteiger partial charge in [-0.15, -0.1) is 0 Å². The summed E-state index contributed by atoms with van der Waals surface area (Å²) in [6.07, 6.45) is 2.21. The number of aromatic nitrogens is 1. The summed E-state index contributed by atoms with van der Waals surface area (Å²) in [5.74, 6) is 0.647. The lowest BCUT2D eigenvalue weighted by Gasteiger charge is -2.20. The van der Waals surface area contributed by atoms with Crippen LogP contribution in [-0.2, 0) is 0 Å². The van der Waals surface area contributed by atoms with E-state index in [1.807, 2.05) is 6.92 Å². The molecule has 0 aromatic carbocycles. The van der Waals surface area contributed by atoms with E-state index in [0.29, 0.717) is 30.9 Å². The van der Waals surface area contributed by atoms with Gasteiger partial charge in [0.1, 0.15) is 5.82 Å². The molecule has 0 saturated heterocycles. The van der Waals surface area contributed by atoms with Crippen LogP contribution < -0.4 is 5.32 Å². The highest BCUT2D eigenvalue weighted by Crippen LogP contribution is 2.09. The molecule has 1 rings (SSSR count). The highest BCUT2D eigenvalue weighted by atomic mass is 16.3. The first kappa shape index (κ1) is 13.4. The van der Waals surface area contributed by atoms with Gasteiger partial charge in [0, 0.05) is 38.5 Å². The number of anilines is 1. The third-order valence-electron chi connectivity index (χ3n) is 2.52. The van der Waals surface area contributed by atoms with Crippen LogP contribution in [0.4, 0.5) is 5.82 Å². The molecule has 2 N–H and O–H groups in total. The Bertz CT molecular complexity index is 369. The molecule has 0 aliphatic carbocycles. The molecule has 0 aliphatic rings. The van der Waals surface area contributed by atoms with Crippen LogP contribution in [-0.4, -0.2) is 47.6 Å². The molecular formula is C12H19N3O2. The monoisotopic (exact) mass is 237 g/mol. The van der Waals surface area contributed by atoms with Gasteiger partial charge in [0.15, 0.2) is 0 Å². The Morgan fingerprint density at radius 3 is 2.94 bits per heavy atom. The van der Waals surface area contributed by atoms with Crippen molar-refractivity contribution in [2.24, 2.45) is 0 Å². The lowest BCUT2D eigenvalue weighted by molar-refractivity contribution is 0.0754. The van der Waals surface area contributed by atoms with Crippen molar-refractivity contribution in [2.75, 3.05) is 32.1 Å². The number of rotatable bonds is 6. The van der Waals surface area contributed by atoms with E-state index >= 15 is 0 Å². The van der Waals surface area contributed by atoms with Crippen molar-refractivity contribution >= 4 is 11.7 Å². The second kappa shape index (κ2) is 6.85. The number of aliphatic hydroxyl groups is 1. The first-order valence-electron chi connectivity index (χ1n) is 5.76. The normalized spacial score (nSPS) is 10.1. The third-order valence-corrected chi connectivity index (χ3v) is 2.52. The fourth-order valence-corrected chi connectivity index (χ4v) is 1.55. The number of hydrogen-bond donors (Lipinski definition) is 2. The predicted octanol–water partition coefficient (Wildman–Crippen LogP) is 0.968. The predicted molar refractivity (Wildman–Crippen MR) is 67.1 cm³/mol.